The van der Waals surface area contributed by atoms with Gasteiger partial charge in [0.25, 0.3) is 0 Å². The molecule has 0 aliphatic carbocycles. The minimum Gasteiger partial charge on any atom is -0.370 e. The molecule has 1 atom stereocenters. The molecule has 1 saturated heterocycles. The maximum atomic E-state index is 5.98. The molecule has 3 nitrogen and oxygen atoms in total. The summed E-state index contributed by atoms with van der Waals surface area (Å²) in [6.45, 7) is 2.88. The van der Waals surface area contributed by atoms with Crippen LogP contribution in [0.4, 0.5) is 5.69 Å². The highest BCUT2D eigenvalue weighted by atomic mass is 32.2. The van der Waals surface area contributed by atoms with Crippen LogP contribution in [0.1, 0.15) is 18.4 Å². The number of rotatable bonds is 4. The first kappa shape index (κ1) is 14.7. The second-order valence-corrected chi connectivity index (χ2v) is 6.22. The summed E-state index contributed by atoms with van der Waals surface area (Å²) in [7, 11) is 4.35. The molecule has 4 heteroatoms. The van der Waals surface area contributed by atoms with Gasteiger partial charge in [-0.15, -0.1) is 11.8 Å². The van der Waals surface area contributed by atoms with E-state index in [0.29, 0.717) is 12.6 Å². The van der Waals surface area contributed by atoms with E-state index in [4.69, 9.17) is 5.73 Å². The van der Waals surface area contributed by atoms with Crippen LogP contribution in [0, 0.1) is 0 Å². The van der Waals surface area contributed by atoms with Gasteiger partial charge in [0.15, 0.2) is 0 Å². The molecule has 2 N–H and O–H groups in total. The third-order valence-corrected chi connectivity index (χ3v) is 4.82. The van der Waals surface area contributed by atoms with Gasteiger partial charge in [0.1, 0.15) is 0 Å². The molecular weight excluding hydrogens is 254 g/mol. The summed E-state index contributed by atoms with van der Waals surface area (Å²) in [5, 5.41) is 0. The number of nitrogens with two attached hydrogens (primary N) is 1. The zero-order valence-corrected chi connectivity index (χ0v) is 13.0. The van der Waals surface area contributed by atoms with E-state index >= 15 is 0 Å². The second kappa shape index (κ2) is 6.64. The molecule has 0 spiro atoms. The zero-order chi connectivity index (χ0) is 13.8. The number of likely N-dealkylation sites (N-methyl/N-ethyl adjacent to an activating group) is 1. The van der Waals surface area contributed by atoms with Crippen LogP contribution in [-0.2, 0) is 6.54 Å². The van der Waals surface area contributed by atoms with Crippen molar-refractivity contribution in [1.82, 2.24) is 4.90 Å². The van der Waals surface area contributed by atoms with Gasteiger partial charge in [-0.25, -0.2) is 0 Å². The molecule has 2 rings (SSSR count). The van der Waals surface area contributed by atoms with E-state index in [1.807, 2.05) is 0 Å². The van der Waals surface area contributed by atoms with E-state index in [0.717, 1.165) is 13.1 Å². The summed E-state index contributed by atoms with van der Waals surface area (Å²) < 4.78 is 0. The highest BCUT2D eigenvalue weighted by Crippen LogP contribution is 2.31. The first-order valence-corrected chi connectivity index (χ1v) is 8.17. The Kier molecular flexibility index (Phi) is 5.13. The fraction of sp³-hybridized carbons (Fsp3) is 0.600. The molecule has 1 fully saturated rings. The second-order valence-electron chi connectivity index (χ2n) is 5.37. The molecule has 1 aliphatic heterocycles. The predicted octanol–water partition coefficient (Wildman–Crippen LogP) is 2.40. The molecule has 1 heterocycles. The lowest BCUT2D eigenvalue weighted by Gasteiger charge is -2.38. The standard InChI is InChI=1S/C15H25N3S/c1-17(2)12-6-5-9-18(11-12)14-7-4-8-15(19-3)13(14)10-16/h4,7-8,12H,5-6,9-11,16H2,1-3H3. The SMILES string of the molecule is CSc1cccc(N2CCCC(N(C)C)C2)c1CN. The van der Waals surface area contributed by atoms with Crippen molar-refractivity contribution in [1.29, 1.82) is 0 Å². The average Bonchev–Trinajstić information content (AvgIpc) is 2.46. The van der Waals surface area contributed by atoms with Gasteiger partial charge in [0.05, 0.1) is 0 Å². The summed E-state index contributed by atoms with van der Waals surface area (Å²) in [4.78, 5) is 6.16. The van der Waals surface area contributed by atoms with Crippen molar-refractivity contribution in [3.05, 3.63) is 23.8 Å². The Morgan fingerprint density at radius 3 is 2.84 bits per heavy atom. The van der Waals surface area contributed by atoms with Crippen molar-refractivity contribution in [2.45, 2.75) is 30.3 Å². The van der Waals surface area contributed by atoms with Gasteiger partial charge >= 0.3 is 0 Å². The summed E-state index contributed by atoms with van der Waals surface area (Å²) in [5.41, 5.74) is 8.61. The highest BCUT2D eigenvalue weighted by Gasteiger charge is 2.23. The predicted molar refractivity (Wildman–Crippen MR) is 85.0 cm³/mol. The third kappa shape index (κ3) is 3.25. The minimum absolute atomic E-state index is 0.621. The molecule has 1 unspecified atom stereocenters. The van der Waals surface area contributed by atoms with Gasteiger partial charge in [-0.05, 0) is 45.3 Å². The first-order valence-electron chi connectivity index (χ1n) is 6.94. The number of thioether (sulfide) groups is 1. The molecule has 1 aromatic rings. The molecule has 0 aromatic heterocycles. The van der Waals surface area contributed by atoms with Gasteiger partial charge in [-0.1, -0.05) is 6.07 Å². The Balaban J connectivity index is 2.25. The Morgan fingerprint density at radius 2 is 2.21 bits per heavy atom. The smallest absolute Gasteiger partial charge is 0.0423 e. The Hall–Kier alpha value is -0.710. The number of anilines is 1. The first-order chi connectivity index (χ1) is 9.17. The monoisotopic (exact) mass is 279 g/mol. The van der Waals surface area contributed by atoms with Crippen LogP contribution in [0.25, 0.3) is 0 Å². The quantitative estimate of drug-likeness (QED) is 0.858. The lowest BCUT2D eigenvalue weighted by Crippen LogP contribution is -2.45. The van der Waals surface area contributed by atoms with E-state index < -0.39 is 0 Å². The van der Waals surface area contributed by atoms with Gasteiger partial charge < -0.3 is 15.5 Å². The molecule has 1 aliphatic rings. The molecule has 106 valence electrons. The highest BCUT2D eigenvalue weighted by molar-refractivity contribution is 7.98. The fourth-order valence-electron chi connectivity index (χ4n) is 2.84. The van der Waals surface area contributed by atoms with Crippen molar-refractivity contribution < 1.29 is 0 Å². The van der Waals surface area contributed by atoms with E-state index in [1.54, 1.807) is 11.8 Å². The molecule has 0 saturated carbocycles. The van der Waals surface area contributed by atoms with Crippen LogP contribution in [0.3, 0.4) is 0 Å². The van der Waals surface area contributed by atoms with Gasteiger partial charge in [-0.2, -0.15) is 0 Å². The van der Waals surface area contributed by atoms with E-state index in [-0.39, 0.29) is 0 Å². The van der Waals surface area contributed by atoms with E-state index in [1.165, 1.54) is 29.0 Å². The Bertz CT molecular complexity index is 420. The van der Waals surface area contributed by atoms with Crippen molar-refractivity contribution in [3.63, 3.8) is 0 Å². The lowest BCUT2D eigenvalue weighted by molar-refractivity contribution is 0.258. The van der Waals surface area contributed by atoms with Gasteiger partial charge in [-0.3, -0.25) is 0 Å². The fourth-order valence-corrected chi connectivity index (χ4v) is 3.49. The van der Waals surface area contributed by atoms with Crippen LogP contribution in [0.15, 0.2) is 23.1 Å². The van der Waals surface area contributed by atoms with Crippen molar-refractivity contribution in [2.24, 2.45) is 5.73 Å². The van der Waals surface area contributed by atoms with Crippen LogP contribution >= 0.6 is 11.8 Å². The maximum Gasteiger partial charge on any atom is 0.0423 e. The Morgan fingerprint density at radius 1 is 1.42 bits per heavy atom. The van der Waals surface area contributed by atoms with Crippen molar-refractivity contribution >= 4 is 17.4 Å². The van der Waals surface area contributed by atoms with Crippen LogP contribution in [0.2, 0.25) is 0 Å². The van der Waals surface area contributed by atoms with E-state index in [9.17, 15) is 0 Å². The molecular formula is C15H25N3S. The van der Waals surface area contributed by atoms with Crippen molar-refractivity contribution in [2.75, 3.05) is 38.3 Å². The molecule has 0 bridgehead atoms. The van der Waals surface area contributed by atoms with Gasteiger partial charge in [0.2, 0.25) is 0 Å². The third-order valence-electron chi connectivity index (χ3n) is 4.00. The summed E-state index contributed by atoms with van der Waals surface area (Å²) in [6.07, 6.45) is 4.68. The van der Waals surface area contributed by atoms with Crippen LogP contribution in [-0.4, -0.2) is 44.4 Å². The van der Waals surface area contributed by atoms with Crippen LogP contribution < -0.4 is 10.6 Å². The molecule has 0 amide bonds. The van der Waals surface area contributed by atoms with E-state index in [2.05, 4.69) is 48.4 Å². The topological polar surface area (TPSA) is 32.5 Å². The number of hydrogen-bond donors (Lipinski definition) is 1. The minimum atomic E-state index is 0.621. The average molecular weight is 279 g/mol. The number of nitrogens with zero attached hydrogens (tertiary/aromatic N) is 2. The van der Waals surface area contributed by atoms with Crippen molar-refractivity contribution in [3.8, 4) is 0 Å². The largest absolute Gasteiger partial charge is 0.370 e. The molecule has 19 heavy (non-hydrogen) atoms. The summed E-state index contributed by atoms with van der Waals surface area (Å²) in [6, 6.07) is 7.20. The zero-order valence-electron chi connectivity index (χ0n) is 12.2. The van der Waals surface area contributed by atoms with Gasteiger partial charge in [0, 0.05) is 41.8 Å². The number of benzene rings is 1. The normalized spacial score (nSPS) is 20.1. The number of hydrogen-bond acceptors (Lipinski definition) is 4. The van der Waals surface area contributed by atoms with Crippen LogP contribution in [0.5, 0.6) is 0 Å². The molecule has 0 radical (unpaired) electrons. The Labute approximate surface area is 121 Å². The lowest BCUT2D eigenvalue weighted by atomic mass is 10.0. The molecule has 1 aromatic carbocycles. The maximum absolute atomic E-state index is 5.98. The number of piperidine rings is 1. The summed E-state index contributed by atoms with van der Waals surface area (Å²) >= 11 is 1.79. The summed E-state index contributed by atoms with van der Waals surface area (Å²) in [5.74, 6) is 0.